The zero-order valence-electron chi connectivity index (χ0n) is 53.1. The van der Waals surface area contributed by atoms with E-state index in [9.17, 15) is 24.3 Å². The second-order valence-electron chi connectivity index (χ2n) is 24.4. The number of hydrogen-bond donors (Lipinski definition) is 3. The van der Waals surface area contributed by atoms with E-state index in [0.717, 1.165) is 55.4 Å². The van der Waals surface area contributed by atoms with Crippen LogP contribution in [0.15, 0.2) is 152 Å². The summed E-state index contributed by atoms with van der Waals surface area (Å²) < 4.78 is 38.5. The molecule has 0 amide bonds. The summed E-state index contributed by atoms with van der Waals surface area (Å²) in [7, 11) is 0. The second-order valence-corrected chi connectivity index (χ2v) is 29.7. The number of aromatic hydroxyl groups is 1. The zero-order valence-corrected chi connectivity index (χ0v) is 58.0. The molecule has 0 aliphatic carbocycles. The van der Waals surface area contributed by atoms with Crippen LogP contribution in [0.2, 0.25) is 0 Å². The molecule has 2 unspecified atom stereocenters. The Hall–Kier alpha value is -8.74. The van der Waals surface area contributed by atoms with Gasteiger partial charge in [-0.15, -0.1) is 0 Å². The maximum Gasteiger partial charge on any atom is -0.412 e. The number of carbonyl (C=O) groups excluding carboxylic acids is 2. The number of pyridine rings is 5. The molecular weight excluding hydrogens is 1270 g/mol. The van der Waals surface area contributed by atoms with Crippen molar-refractivity contribution >= 4 is 113 Å². The molecule has 0 saturated heterocycles. The Morgan fingerprint density at radius 1 is 0.396 bits per heavy atom. The average molecular weight is 1350 g/mol. The minimum absolute atomic E-state index is 0. The van der Waals surface area contributed by atoms with Gasteiger partial charge < -0.3 is 20.8 Å². The van der Waals surface area contributed by atoms with E-state index >= 15 is 0 Å². The number of phenols is 1. The first-order valence-corrected chi connectivity index (χ1v) is 35.7. The second kappa shape index (κ2) is 31.3. The van der Waals surface area contributed by atoms with Gasteiger partial charge in [-0.1, -0.05) is 39.0 Å². The molecule has 472 valence electrons. The van der Waals surface area contributed by atoms with E-state index < -0.39 is 63.9 Å². The van der Waals surface area contributed by atoms with Gasteiger partial charge in [0.25, 0.3) is 0 Å². The predicted molar refractivity (Wildman–Crippen MR) is 353 cm³/mol. The van der Waals surface area contributed by atoms with Crippen LogP contribution in [0, 0.1) is 57.3 Å². The molecule has 0 bridgehead atoms. The smallest absolute Gasteiger partial charge is 0.412 e. The summed E-state index contributed by atoms with van der Waals surface area (Å²) in [4.78, 5) is 72.1. The summed E-state index contributed by atoms with van der Waals surface area (Å²) in [5.41, 5.74) is 6.90. The number of benzene rings is 5. The first kappa shape index (κ1) is 69.7. The van der Waals surface area contributed by atoms with E-state index in [1.54, 1.807) is 30.3 Å². The molecular formula is C70H77Ga2N5O14. The molecule has 5 aromatic heterocycles. The molecule has 0 saturated carbocycles. The van der Waals surface area contributed by atoms with E-state index in [1.807, 2.05) is 197 Å². The molecule has 0 aliphatic heterocycles. The largest absolute Gasteiger partial charge is 0.412 e. The first-order valence-electron chi connectivity index (χ1n) is 29.8. The van der Waals surface area contributed by atoms with Gasteiger partial charge in [0.05, 0.1) is 0 Å². The number of aryl methyl sites for hydroxylation is 5. The Morgan fingerprint density at radius 3 is 1.02 bits per heavy atom. The maximum atomic E-state index is 14.1. The van der Waals surface area contributed by atoms with Crippen LogP contribution >= 0.6 is 0 Å². The molecule has 0 radical (unpaired) electrons. The van der Waals surface area contributed by atoms with Gasteiger partial charge in [-0.25, -0.2) is 4.98 Å². The Bertz CT molecular complexity index is 4040. The zero-order chi connectivity index (χ0) is 64.9. The number of nitrogens with zero attached hydrogens (tertiary/aromatic N) is 5. The molecule has 19 nitrogen and oxygen atoms in total. The molecule has 10 rings (SSSR count). The summed E-state index contributed by atoms with van der Waals surface area (Å²) in [5, 5.41) is 31.1. The monoisotopic (exact) mass is 1350 g/mol. The molecule has 0 aliphatic rings. The number of para-hydroxylation sites is 5. The molecule has 2 atom stereocenters. The fourth-order valence-corrected chi connectivity index (χ4v) is 15.3. The summed E-state index contributed by atoms with van der Waals surface area (Å²) in [6.45, 7) is 21.5. The maximum absolute atomic E-state index is 14.1. The van der Waals surface area contributed by atoms with Crippen molar-refractivity contribution in [3.8, 4) is 28.7 Å². The molecule has 5 heterocycles. The van der Waals surface area contributed by atoms with Crippen molar-refractivity contribution in [2.24, 2.45) is 22.7 Å². The van der Waals surface area contributed by atoms with Crippen LogP contribution in [0.25, 0.3) is 54.5 Å². The number of aliphatic carboxylic acids is 2. The standard InChI is InChI=1S/5C10H9NO.2C10H18O4.2Ga.H2O/c5*1-7-5-6-8-3-2-4-9(12)10(8)11-7;2*1-10(2,3)7(6-9(13)14)4-5-8(11)12;;;/h5*2-6,12H,1H3;2*7H,4-6H2,1-3H3,(H,11,12)(H,13,14);;;1H2/q;;;;;;;2*+3;/p-6. The number of carboxylic acid groups (broad SMARTS) is 2. The Balaban J connectivity index is 0.000000359. The van der Waals surface area contributed by atoms with Crippen molar-refractivity contribution in [2.75, 3.05) is 0 Å². The number of hydrogen-bond acceptors (Lipinski definition) is 16. The Morgan fingerprint density at radius 2 is 0.692 bits per heavy atom. The average Bonchev–Trinajstić information content (AvgIpc) is 1.26. The van der Waals surface area contributed by atoms with Gasteiger partial charge in [-0.2, -0.15) is 0 Å². The Kier molecular flexibility index (Phi) is 24.0. The van der Waals surface area contributed by atoms with Crippen molar-refractivity contribution in [3.63, 3.8) is 0 Å². The van der Waals surface area contributed by atoms with Gasteiger partial charge in [0, 0.05) is 23.9 Å². The molecule has 91 heavy (non-hydrogen) atoms. The third-order valence-corrected chi connectivity index (χ3v) is 20.8. The SMILES string of the molecule is CC(C)(C)C(CCC(=O)O)CC(=O)O.Cc1ccc2cccc(O)c2n1.Cc1ccc2cccc([O][Ga]([O]C(=O)CCC(CC(=O)[O][Ga]([O]c3cccc4ccc(C)nc34)[O]c3cccc4ccc(C)nc34)C(C)(C)C)[O]c3cccc4ccc(C)nc34)c2n1.O. The van der Waals surface area contributed by atoms with Gasteiger partial charge in [0.2, 0.25) is 0 Å². The fraction of sp³-hybridized carbons (Fsp3) is 0.300. The third-order valence-electron chi connectivity index (χ3n) is 15.2. The topological polar surface area (TPSA) is 280 Å². The number of fused-ring (bicyclic) bond motifs is 5. The van der Waals surface area contributed by atoms with Crippen LogP contribution in [0.5, 0.6) is 28.7 Å². The van der Waals surface area contributed by atoms with Crippen LogP contribution in [0.3, 0.4) is 0 Å². The van der Waals surface area contributed by atoms with Crippen LogP contribution < -0.4 is 14.1 Å². The van der Waals surface area contributed by atoms with E-state index in [2.05, 4.69) is 4.98 Å². The number of rotatable bonds is 20. The summed E-state index contributed by atoms with van der Waals surface area (Å²) in [6, 6.07) is 47.4. The summed E-state index contributed by atoms with van der Waals surface area (Å²) in [5.74, 6) is -0.999. The number of carboxylic acids is 2. The van der Waals surface area contributed by atoms with E-state index in [-0.39, 0.29) is 54.2 Å². The van der Waals surface area contributed by atoms with Gasteiger partial charge in [0.1, 0.15) is 11.3 Å². The van der Waals surface area contributed by atoms with Crippen molar-refractivity contribution < 1.29 is 61.1 Å². The van der Waals surface area contributed by atoms with Crippen molar-refractivity contribution in [1.29, 1.82) is 0 Å². The van der Waals surface area contributed by atoms with E-state index in [4.69, 9.17) is 51.3 Å². The molecule has 5 N–H and O–H groups in total. The van der Waals surface area contributed by atoms with Crippen LogP contribution in [-0.2, 0) is 26.2 Å². The van der Waals surface area contributed by atoms with Crippen molar-refractivity contribution in [1.82, 2.24) is 24.9 Å². The molecule has 0 spiro atoms. The number of phenolic OH excluding ortho intramolecular Hbond substituents is 1. The van der Waals surface area contributed by atoms with Crippen molar-refractivity contribution in [3.05, 3.63) is 180 Å². The van der Waals surface area contributed by atoms with Gasteiger partial charge >= 0.3 is 399 Å². The minimum atomic E-state index is -3.97. The van der Waals surface area contributed by atoms with Gasteiger partial charge in [-0.05, 0) is 36.8 Å². The molecule has 5 aromatic carbocycles. The molecule has 10 aromatic rings. The van der Waals surface area contributed by atoms with E-state index in [1.165, 1.54) is 0 Å². The molecule has 0 fully saturated rings. The van der Waals surface area contributed by atoms with Crippen LogP contribution in [-0.4, -0.2) is 104 Å². The van der Waals surface area contributed by atoms with Crippen LogP contribution in [0.1, 0.15) is 109 Å². The predicted octanol–water partition coefficient (Wildman–Crippen LogP) is 14.0. The van der Waals surface area contributed by atoms with Crippen molar-refractivity contribution in [2.45, 2.75) is 115 Å². The Labute approximate surface area is 542 Å². The third kappa shape index (κ3) is 19.9. The number of aromatic nitrogens is 5. The van der Waals surface area contributed by atoms with E-state index in [0.29, 0.717) is 63.4 Å². The first-order chi connectivity index (χ1) is 42.8. The summed E-state index contributed by atoms with van der Waals surface area (Å²) in [6.07, 6.45) is 0.834. The quantitative estimate of drug-likeness (QED) is 0.0598. The van der Waals surface area contributed by atoms with Crippen LogP contribution in [0.4, 0.5) is 0 Å². The molecule has 21 heteroatoms. The summed E-state index contributed by atoms with van der Waals surface area (Å²) >= 11 is -7.93. The van der Waals surface area contributed by atoms with Gasteiger partial charge in [-0.3, -0.25) is 9.59 Å². The normalized spacial score (nSPS) is 11.9. The number of carbonyl (C=O) groups is 4. The fourth-order valence-electron chi connectivity index (χ4n) is 10.0. The van der Waals surface area contributed by atoms with Gasteiger partial charge in [0.15, 0.2) is 0 Å². The minimum Gasteiger partial charge on any atom is -0.412 e.